The molecule has 1 aromatic heterocycles. The van der Waals surface area contributed by atoms with E-state index in [1.165, 1.54) is 11.3 Å². The van der Waals surface area contributed by atoms with Crippen molar-refractivity contribution in [1.82, 2.24) is 20.1 Å². The molecule has 17 heavy (non-hydrogen) atoms. The first-order valence-electron chi connectivity index (χ1n) is 6.04. The number of nitrogens with zero attached hydrogens (tertiary/aromatic N) is 3. The lowest BCUT2D eigenvalue weighted by molar-refractivity contribution is 0.273. The quantitative estimate of drug-likeness (QED) is 0.758. The topological polar surface area (TPSA) is 31.4 Å². The lowest BCUT2D eigenvalue weighted by Crippen LogP contribution is -2.29. The highest BCUT2D eigenvalue weighted by Gasteiger charge is 2.06. The third-order valence-electron chi connectivity index (χ3n) is 2.70. The molecule has 1 aromatic rings. The molecular weight excluding hydrogens is 212 g/mol. The Balaban J connectivity index is 2.54. The molecule has 0 radical (unpaired) electrons. The van der Waals surface area contributed by atoms with E-state index in [2.05, 4.69) is 47.3 Å². The van der Waals surface area contributed by atoms with Crippen LogP contribution in [-0.2, 0) is 13.1 Å². The third-order valence-corrected chi connectivity index (χ3v) is 2.70. The van der Waals surface area contributed by atoms with Gasteiger partial charge in [0, 0.05) is 32.4 Å². The minimum absolute atomic E-state index is 0.880. The van der Waals surface area contributed by atoms with E-state index >= 15 is 0 Å². The van der Waals surface area contributed by atoms with Gasteiger partial charge in [-0.2, -0.15) is 0 Å². The summed E-state index contributed by atoms with van der Waals surface area (Å²) < 4.78 is 0. The molecule has 0 fully saturated rings. The molecule has 0 aliphatic rings. The summed E-state index contributed by atoms with van der Waals surface area (Å²) in [5, 5.41) is 3.18. The third kappa shape index (κ3) is 5.26. The fourth-order valence-corrected chi connectivity index (χ4v) is 1.67. The van der Waals surface area contributed by atoms with Crippen molar-refractivity contribution >= 4 is 0 Å². The van der Waals surface area contributed by atoms with Crippen LogP contribution in [0.5, 0.6) is 0 Å². The summed E-state index contributed by atoms with van der Waals surface area (Å²) in [6, 6.07) is 4.13. The Kier molecular flexibility index (Phi) is 6.11. The van der Waals surface area contributed by atoms with Crippen molar-refractivity contribution in [3.63, 3.8) is 0 Å². The number of pyridine rings is 1. The predicted octanol–water partition coefficient (Wildman–Crippen LogP) is 0.794. The Labute approximate surface area is 105 Å². The molecule has 0 aromatic carbocycles. The Morgan fingerprint density at radius 3 is 2.65 bits per heavy atom. The highest BCUT2D eigenvalue weighted by Crippen LogP contribution is 2.07. The normalized spacial score (nSPS) is 11.4. The first-order valence-corrected chi connectivity index (χ1v) is 6.04. The first-order chi connectivity index (χ1) is 8.13. The monoisotopic (exact) mass is 236 g/mol. The minimum Gasteiger partial charge on any atom is -0.316 e. The van der Waals surface area contributed by atoms with E-state index in [-0.39, 0.29) is 0 Å². The van der Waals surface area contributed by atoms with E-state index in [0.717, 1.165) is 26.2 Å². The standard InChI is InChI=1S/C13H24N4/c1-14-10-12-6-5-7-15-13(12)11-17(4)9-8-16(2)3/h5-7,14H,8-11H2,1-4H3. The molecule has 0 atom stereocenters. The van der Waals surface area contributed by atoms with Gasteiger partial charge in [0.15, 0.2) is 0 Å². The van der Waals surface area contributed by atoms with E-state index in [4.69, 9.17) is 0 Å². The van der Waals surface area contributed by atoms with Gasteiger partial charge in [0.25, 0.3) is 0 Å². The second kappa shape index (κ2) is 7.37. The lowest BCUT2D eigenvalue weighted by atomic mass is 10.2. The maximum atomic E-state index is 4.47. The maximum Gasteiger partial charge on any atom is 0.0588 e. The largest absolute Gasteiger partial charge is 0.316 e. The zero-order valence-electron chi connectivity index (χ0n) is 11.4. The van der Waals surface area contributed by atoms with Gasteiger partial charge in [-0.3, -0.25) is 9.88 Å². The van der Waals surface area contributed by atoms with E-state index in [9.17, 15) is 0 Å². The average molecular weight is 236 g/mol. The molecule has 0 amide bonds. The Morgan fingerprint density at radius 2 is 2.00 bits per heavy atom. The molecule has 0 aliphatic heterocycles. The number of hydrogen-bond donors (Lipinski definition) is 1. The number of likely N-dealkylation sites (N-methyl/N-ethyl adjacent to an activating group) is 2. The molecule has 96 valence electrons. The number of rotatable bonds is 7. The number of aromatic nitrogens is 1. The fraction of sp³-hybridized carbons (Fsp3) is 0.615. The van der Waals surface area contributed by atoms with Crippen LogP contribution in [-0.4, -0.2) is 56.1 Å². The summed E-state index contributed by atoms with van der Waals surface area (Å²) >= 11 is 0. The molecule has 0 saturated carbocycles. The second-order valence-corrected chi connectivity index (χ2v) is 4.68. The van der Waals surface area contributed by atoms with Gasteiger partial charge in [-0.25, -0.2) is 0 Å². The van der Waals surface area contributed by atoms with Crippen molar-refractivity contribution in [3.05, 3.63) is 29.6 Å². The summed E-state index contributed by atoms with van der Waals surface area (Å²) in [5.74, 6) is 0. The van der Waals surface area contributed by atoms with Crippen LogP contribution in [0, 0.1) is 0 Å². The molecule has 1 N–H and O–H groups in total. The van der Waals surface area contributed by atoms with Gasteiger partial charge in [-0.1, -0.05) is 6.07 Å². The van der Waals surface area contributed by atoms with Crippen LogP contribution in [0.1, 0.15) is 11.3 Å². The van der Waals surface area contributed by atoms with Gasteiger partial charge >= 0.3 is 0 Å². The summed E-state index contributed by atoms with van der Waals surface area (Å²) in [6.07, 6.45) is 1.87. The van der Waals surface area contributed by atoms with Crippen LogP contribution in [0.25, 0.3) is 0 Å². The molecule has 0 aliphatic carbocycles. The van der Waals surface area contributed by atoms with Gasteiger partial charge in [0.2, 0.25) is 0 Å². The smallest absolute Gasteiger partial charge is 0.0588 e. The highest BCUT2D eigenvalue weighted by atomic mass is 15.2. The predicted molar refractivity (Wildman–Crippen MR) is 71.9 cm³/mol. The zero-order chi connectivity index (χ0) is 12.7. The SMILES string of the molecule is CNCc1cccnc1CN(C)CCN(C)C. The molecule has 1 rings (SSSR count). The van der Waals surface area contributed by atoms with Crippen molar-refractivity contribution in [2.24, 2.45) is 0 Å². The maximum absolute atomic E-state index is 4.47. The van der Waals surface area contributed by atoms with Gasteiger partial charge in [-0.15, -0.1) is 0 Å². The van der Waals surface area contributed by atoms with E-state index in [1.54, 1.807) is 0 Å². The van der Waals surface area contributed by atoms with Crippen LogP contribution in [0.3, 0.4) is 0 Å². The van der Waals surface area contributed by atoms with Crippen molar-refractivity contribution in [1.29, 1.82) is 0 Å². The van der Waals surface area contributed by atoms with Crippen molar-refractivity contribution in [2.75, 3.05) is 41.3 Å². The second-order valence-electron chi connectivity index (χ2n) is 4.68. The zero-order valence-corrected chi connectivity index (χ0v) is 11.4. The average Bonchev–Trinajstić information content (AvgIpc) is 2.29. The molecule has 4 nitrogen and oxygen atoms in total. The van der Waals surface area contributed by atoms with Crippen LogP contribution < -0.4 is 5.32 Å². The van der Waals surface area contributed by atoms with Gasteiger partial charge < -0.3 is 10.2 Å². The first kappa shape index (κ1) is 14.1. The molecule has 0 saturated heterocycles. The summed E-state index contributed by atoms with van der Waals surface area (Å²) in [5.41, 5.74) is 2.45. The highest BCUT2D eigenvalue weighted by molar-refractivity contribution is 5.19. The number of nitrogens with one attached hydrogen (secondary N) is 1. The molecule has 0 bridgehead atoms. The molecular formula is C13H24N4. The Bertz CT molecular complexity index is 325. The Morgan fingerprint density at radius 1 is 1.24 bits per heavy atom. The van der Waals surface area contributed by atoms with E-state index in [1.807, 2.05) is 19.3 Å². The summed E-state index contributed by atoms with van der Waals surface area (Å²) in [4.78, 5) is 8.97. The van der Waals surface area contributed by atoms with E-state index < -0.39 is 0 Å². The number of hydrogen-bond acceptors (Lipinski definition) is 4. The summed E-state index contributed by atoms with van der Waals surface area (Å²) in [6.45, 7) is 3.92. The van der Waals surface area contributed by atoms with Gasteiger partial charge in [0.1, 0.15) is 0 Å². The van der Waals surface area contributed by atoms with Gasteiger partial charge in [0.05, 0.1) is 5.69 Å². The van der Waals surface area contributed by atoms with Crippen molar-refractivity contribution in [2.45, 2.75) is 13.1 Å². The van der Waals surface area contributed by atoms with Crippen molar-refractivity contribution in [3.8, 4) is 0 Å². The van der Waals surface area contributed by atoms with Crippen LogP contribution in [0.2, 0.25) is 0 Å². The fourth-order valence-electron chi connectivity index (χ4n) is 1.67. The molecule has 0 unspecified atom stereocenters. The summed E-state index contributed by atoms with van der Waals surface area (Å²) in [7, 11) is 8.30. The van der Waals surface area contributed by atoms with E-state index in [0.29, 0.717) is 0 Å². The Hall–Kier alpha value is -0.970. The molecule has 1 heterocycles. The van der Waals surface area contributed by atoms with Gasteiger partial charge in [-0.05, 0) is 39.8 Å². The van der Waals surface area contributed by atoms with Crippen LogP contribution >= 0.6 is 0 Å². The molecule has 4 heteroatoms. The van der Waals surface area contributed by atoms with Crippen LogP contribution in [0.4, 0.5) is 0 Å². The minimum atomic E-state index is 0.880. The lowest BCUT2D eigenvalue weighted by Gasteiger charge is -2.20. The van der Waals surface area contributed by atoms with Crippen LogP contribution in [0.15, 0.2) is 18.3 Å². The van der Waals surface area contributed by atoms with Crippen molar-refractivity contribution < 1.29 is 0 Å². The molecule has 0 spiro atoms.